The molecule has 0 bridgehead atoms. The van der Waals surface area contributed by atoms with E-state index in [4.69, 9.17) is 4.74 Å². The fourth-order valence-corrected chi connectivity index (χ4v) is 3.07. The van der Waals surface area contributed by atoms with Gasteiger partial charge < -0.3 is 15.4 Å². The van der Waals surface area contributed by atoms with Crippen LogP contribution in [0.4, 0.5) is 0 Å². The third kappa shape index (κ3) is 4.65. The molecule has 122 valence electrons. The van der Waals surface area contributed by atoms with Gasteiger partial charge in [-0.2, -0.15) is 0 Å². The lowest BCUT2D eigenvalue weighted by molar-refractivity contribution is 0.404. The first-order valence-corrected chi connectivity index (χ1v) is 8.34. The largest absolute Gasteiger partial charge is 0.496 e. The SMILES string of the molecule is CN=C(NCC(C)c1ccccc1OC)NC1CCCCC1. The van der Waals surface area contributed by atoms with Crippen LogP contribution in [0.25, 0.3) is 0 Å². The van der Waals surface area contributed by atoms with Crippen molar-refractivity contribution in [3.8, 4) is 5.75 Å². The molecule has 1 unspecified atom stereocenters. The third-order valence-corrected chi connectivity index (χ3v) is 4.42. The van der Waals surface area contributed by atoms with Crippen LogP contribution in [0.15, 0.2) is 29.3 Å². The molecule has 0 spiro atoms. The van der Waals surface area contributed by atoms with Crippen LogP contribution in [0.5, 0.6) is 5.75 Å². The van der Waals surface area contributed by atoms with E-state index in [1.165, 1.54) is 37.7 Å². The number of hydrogen-bond donors (Lipinski definition) is 2. The molecule has 1 aliphatic rings. The summed E-state index contributed by atoms with van der Waals surface area (Å²) in [6.07, 6.45) is 6.53. The average molecular weight is 303 g/mol. The lowest BCUT2D eigenvalue weighted by atomic mass is 9.96. The molecular formula is C18H29N3O. The standard InChI is InChI=1S/C18H29N3O/c1-14(16-11-7-8-12-17(16)22-3)13-20-18(19-2)21-15-9-5-4-6-10-15/h7-8,11-12,14-15H,4-6,9-10,13H2,1-3H3,(H2,19,20,21). The predicted octanol–water partition coefficient (Wildman–Crippen LogP) is 3.30. The van der Waals surface area contributed by atoms with Crippen molar-refractivity contribution in [3.63, 3.8) is 0 Å². The van der Waals surface area contributed by atoms with E-state index >= 15 is 0 Å². The molecular weight excluding hydrogens is 274 g/mol. The van der Waals surface area contributed by atoms with Crippen molar-refractivity contribution in [3.05, 3.63) is 29.8 Å². The van der Waals surface area contributed by atoms with Crippen molar-refractivity contribution in [2.75, 3.05) is 20.7 Å². The van der Waals surface area contributed by atoms with Crippen LogP contribution in [0.3, 0.4) is 0 Å². The maximum atomic E-state index is 5.45. The molecule has 22 heavy (non-hydrogen) atoms. The van der Waals surface area contributed by atoms with Crippen LogP contribution < -0.4 is 15.4 Å². The van der Waals surface area contributed by atoms with Crippen molar-refractivity contribution >= 4 is 5.96 Å². The number of guanidine groups is 1. The lowest BCUT2D eigenvalue weighted by Crippen LogP contribution is -2.45. The number of nitrogens with zero attached hydrogens (tertiary/aromatic N) is 1. The van der Waals surface area contributed by atoms with E-state index in [2.05, 4.69) is 34.7 Å². The maximum absolute atomic E-state index is 5.45. The summed E-state index contributed by atoms with van der Waals surface area (Å²) >= 11 is 0. The molecule has 1 aromatic carbocycles. The number of aliphatic imine (C=N–C) groups is 1. The molecule has 0 aromatic heterocycles. The van der Waals surface area contributed by atoms with Gasteiger partial charge in [0.2, 0.25) is 0 Å². The Hall–Kier alpha value is -1.71. The van der Waals surface area contributed by atoms with Crippen LogP contribution >= 0.6 is 0 Å². The lowest BCUT2D eigenvalue weighted by Gasteiger charge is -2.25. The molecule has 2 rings (SSSR count). The van der Waals surface area contributed by atoms with Gasteiger partial charge in [-0.05, 0) is 24.5 Å². The third-order valence-electron chi connectivity index (χ3n) is 4.42. The van der Waals surface area contributed by atoms with Crippen LogP contribution in [0.1, 0.15) is 50.5 Å². The van der Waals surface area contributed by atoms with E-state index < -0.39 is 0 Å². The minimum absolute atomic E-state index is 0.362. The van der Waals surface area contributed by atoms with Crippen LogP contribution in [-0.4, -0.2) is 32.7 Å². The Morgan fingerprint density at radius 3 is 2.68 bits per heavy atom. The summed E-state index contributed by atoms with van der Waals surface area (Å²) in [6, 6.07) is 8.78. The molecule has 1 aliphatic carbocycles. The van der Waals surface area contributed by atoms with Gasteiger partial charge in [0.15, 0.2) is 5.96 Å². The van der Waals surface area contributed by atoms with Gasteiger partial charge in [-0.25, -0.2) is 0 Å². The smallest absolute Gasteiger partial charge is 0.191 e. The second-order valence-electron chi connectivity index (χ2n) is 6.08. The van der Waals surface area contributed by atoms with E-state index in [-0.39, 0.29) is 0 Å². The molecule has 4 nitrogen and oxygen atoms in total. The predicted molar refractivity (Wildman–Crippen MR) is 92.8 cm³/mol. The van der Waals surface area contributed by atoms with E-state index in [1.54, 1.807) is 7.11 Å². The highest BCUT2D eigenvalue weighted by atomic mass is 16.5. The van der Waals surface area contributed by atoms with Crippen molar-refractivity contribution in [1.82, 2.24) is 10.6 Å². The first kappa shape index (κ1) is 16.7. The van der Waals surface area contributed by atoms with Crippen LogP contribution in [-0.2, 0) is 0 Å². The molecule has 0 radical (unpaired) electrons. The van der Waals surface area contributed by atoms with E-state index in [9.17, 15) is 0 Å². The van der Waals surface area contributed by atoms with Crippen molar-refractivity contribution in [2.45, 2.75) is 51.0 Å². The number of benzene rings is 1. The Labute approximate surface area is 134 Å². The quantitative estimate of drug-likeness (QED) is 0.648. The molecule has 0 saturated heterocycles. The Kier molecular flexibility index (Phi) is 6.56. The maximum Gasteiger partial charge on any atom is 0.191 e. The number of hydrogen-bond acceptors (Lipinski definition) is 2. The number of methoxy groups -OCH3 is 1. The summed E-state index contributed by atoms with van der Waals surface area (Å²) in [5, 5.41) is 7.00. The normalized spacial score (nSPS) is 17.9. The number of ether oxygens (including phenoxy) is 1. The zero-order valence-electron chi connectivity index (χ0n) is 14.1. The average Bonchev–Trinajstić information content (AvgIpc) is 2.59. The first-order valence-electron chi connectivity index (χ1n) is 8.34. The fraction of sp³-hybridized carbons (Fsp3) is 0.611. The summed E-state index contributed by atoms with van der Waals surface area (Å²) in [5.41, 5.74) is 1.23. The highest BCUT2D eigenvalue weighted by Gasteiger charge is 2.16. The second-order valence-corrected chi connectivity index (χ2v) is 6.08. The van der Waals surface area contributed by atoms with Gasteiger partial charge in [0.25, 0.3) is 0 Å². The van der Waals surface area contributed by atoms with Crippen molar-refractivity contribution in [1.29, 1.82) is 0 Å². The van der Waals surface area contributed by atoms with E-state index in [0.717, 1.165) is 18.3 Å². The molecule has 1 saturated carbocycles. The van der Waals surface area contributed by atoms with E-state index in [0.29, 0.717) is 12.0 Å². The molecule has 1 fully saturated rings. The van der Waals surface area contributed by atoms with Gasteiger partial charge in [0.1, 0.15) is 5.75 Å². The highest BCUT2D eigenvalue weighted by Crippen LogP contribution is 2.25. The van der Waals surface area contributed by atoms with E-state index in [1.807, 2.05) is 19.2 Å². The Balaban J connectivity index is 1.87. The van der Waals surface area contributed by atoms with Gasteiger partial charge >= 0.3 is 0 Å². The number of para-hydroxylation sites is 1. The second kappa shape index (κ2) is 8.66. The van der Waals surface area contributed by atoms with Crippen LogP contribution in [0.2, 0.25) is 0 Å². The topological polar surface area (TPSA) is 45.7 Å². The van der Waals surface area contributed by atoms with Gasteiger partial charge in [-0.1, -0.05) is 44.4 Å². The van der Waals surface area contributed by atoms with Gasteiger partial charge in [0, 0.05) is 25.6 Å². The summed E-state index contributed by atoms with van der Waals surface area (Å²) < 4.78 is 5.45. The molecule has 1 aromatic rings. The minimum Gasteiger partial charge on any atom is -0.496 e. The zero-order valence-corrected chi connectivity index (χ0v) is 14.1. The van der Waals surface area contributed by atoms with Crippen LogP contribution in [0, 0.1) is 0 Å². The summed E-state index contributed by atoms with van der Waals surface area (Å²) in [7, 11) is 3.56. The molecule has 0 aliphatic heterocycles. The van der Waals surface area contributed by atoms with Crippen molar-refractivity contribution in [2.24, 2.45) is 4.99 Å². The Morgan fingerprint density at radius 1 is 1.27 bits per heavy atom. The highest BCUT2D eigenvalue weighted by molar-refractivity contribution is 5.80. The minimum atomic E-state index is 0.362. The van der Waals surface area contributed by atoms with Gasteiger partial charge in [-0.3, -0.25) is 4.99 Å². The monoisotopic (exact) mass is 303 g/mol. The fourth-order valence-electron chi connectivity index (χ4n) is 3.07. The first-order chi connectivity index (χ1) is 10.7. The number of nitrogens with one attached hydrogen (secondary N) is 2. The summed E-state index contributed by atoms with van der Waals surface area (Å²) in [4.78, 5) is 4.35. The summed E-state index contributed by atoms with van der Waals surface area (Å²) in [6.45, 7) is 3.05. The zero-order chi connectivity index (χ0) is 15.8. The summed E-state index contributed by atoms with van der Waals surface area (Å²) in [5.74, 6) is 2.22. The molecule has 0 amide bonds. The van der Waals surface area contributed by atoms with Gasteiger partial charge in [-0.15, -0.1) is 0 Å². The molecule has 2 N–H and O–H groups in total. The molecule has 1 atom stereocenters. The molecule has 4 heteroatoms. The number of rotatable bonds is 5. The Morgan fingerprint density at radius 2 is 2.00 bits per heavy atom. The Bertz CT molecular complexity index is 481. The van der Waals surface area contributed by atoms with Crippen molar-refractivity contribution < 1.29 is 4.74 Å². The van der Waals surface area contributed by atoms with Gasteiger partial charge in [0.05, 0.1) is 7.11 Å². The molecule has 0 heterocycles.